The van der Waals surface area contributed by atoms with Crippen LogP contribution >= 0.6 is 11.6 Å². The van der Waals surface area contributed by atoms with Crippen LogP contribution in [0.1, 0.15) is 50.8 Å². The maximum atomic E-state index is 5.89. The third kappa shape index (κ3) is 0.919. The summed E-state index contributed by atoms with van der Waals surface area (Å²) in [5, 5.41) is 0.387. The maximum absolute atomic E-state index is 5.89. The summed E-state index contributed by atoms with van der Waals surface area (Å²) in [5.74, 6) is 0.620. The molecule has 1 fully saturated rings. The lowest BCUT2D eigenvalue weighted by Gasteiger charge is -2.34. The predicted molar refractivity (Wildman–Crippen MR) is 60.2 cm³/mol. The van der Waals surface area contributed by atoms with E-state index in [2.05, 4.69) is 30.7 Å². The maximum Gasteiger partial charge on any atom is 0.222 e. The molecule has 1 heterocycles. The van der Waals surface area contributed by atoms with Crippen molar-refractivity contribution in [3.8, 4) is 0 Å². The summed E-state index contributed by atoms with van der Waals surface area (Å²) in [7, 11) is 0. The molecule has 80 valence electrons. The Balaban J connectivity index is 2.29. The Hall–Kier alpha value is -0.630. The van der Waals surface area contributed by atoms with E-state index in [-0.39, 0.29) is 5.41 Å². The van der Waals surface area contributed by atoms with Crippen molar-refractivity contribution < 1.29 is 0 Å². The van der Waals surface area contributed by atoms with E-state index in [4.69, 9.17) is 11.6 Å². The largest absolute Gasteiger partial charge is 0.226 e. The fourth-order valence-corrected chi connectivity index (χ4v) is 3.67. The number of rotatable bonds is 0. The van der Waals surface area contributed by atoms with Gasteiger partial charge in [0.2, 0.25) is 5.28 Å². The highest BCUT2D eigenvalue weighted by molar-refractivity contribution is 6.28. The van der Waals surface area contributed by atoms with Gasteiger partial charge >= 0.3 is 0 Å². The zero-order chi connectivity index (χ0) is 10.8. The molecule has 2 aliphatic carbocycles. The van der Waals surface area contributed by atoms with Crippen LogP contribution in [0.25, 0.3) is 0 Å². The lowest BCUT2D eigenvalue weighted by molar-refractivity contribution is 0.227. The Labute approximate surface area is 95.1 Å². The van der Waals surface area contributed by atoms with Gasteiger partial charge < -0.3 is 0 Å². The Morgan fingerprint density at radius 1 is 1.40 bits per heavy atom. The number of hydrogen-bond acceptors (Lipinski definition) is 2. The summed E-state index contributed by atoms with van der Waals surface area (Å²) in [6.07, 6.45) is 4.42. The van der Waals surface area contributed by atoms with Gasteiger partial charge in [0, 0.05) is 11.6 Å². The van der Waals surface area contributed by atoms with Crippen molar-refractivity contribution in [2.75, 3.05) is 0 Å². The zero-order valence-electron chi connectivity index (χ0n) is 9.34. The molecule has 15 heavy (non-hydrogen) atoms. The summed E-state index contributed by atoms with van der Waals surface area (Å²) < 4.78 is 0. The van der Waals surface area contributed by atoms with Crippen molar-refractivity contribution in [3.63, 3.8) is 0 Å². The van der Waals surface area contributed by atoms with Gasteiger partial charge in [-0.05, 0) is 41.3 Å². The summed E-state index contributed by atoms with van der Waals surface area (Å²) in [5.41, 5.74) is 3.02. The molecule has 0 saturated heterocycles. The molecule has 2 aliphatic rings. The van der Waals surface area contributed by atoms with Crippen molar-refractivity contribution in [1.82, 2.24) is 9.97 Å². The molecule has 1 saturated carbocycles. The van der Waals surface area contributed by atoms with E-state index in [0.29, 0.717) is 16.6 Å². The van der Waals surface area contributed by atoms with Crippen LogP contribution in [0.3, 0.4) is 0 Å². The zero-order valence-corrected chi connectivity index (χ0v) is 10.1. The number of halogens is 1. The molecule has 0 N–H and O–H groups in total. The first-order valence-electron chi connectivity index (χ1n) is 5.50. The lowest BCUT2D eigenvalue weighted by atomic mass is 9.70. The van der Waals surface area contributed by atoms with Crippen molar-refractivity contribution >= 4 is 11.6 Å². The summed E-state index contributed by atoms with van der Waals surface area (Å²) in [6, 6.07) is 0. The van der Waals surface area contributed by atoms with E-state index in [1.807, 2.05) is 6.20 Å². The molecular weight excluding hydrogens is 208 g/mol. The average Bonchev–Trinajstić information content (AvgIpc) is 2.48. The van der Waals surface area contributed by atoms with E-state index in [1.165, 1.54) is 24.1 Å². The molecule has 2 nitrogen and oxygen atoms in total. The van der Waals surface area contributed by atoms with Crippen LogP contribution in [-0.2, 0) is 5.41 Å². The van der Waals surface area contributed by atoms with Crippen LogP contribution in [0.15, 0.2) is 6.20 Å². The highest BCUT2D eigenvalue weighted by atomic mass is 35.5. The van der Waals surface area contributed by atoms with Crippen molar-refractivity contribution in [3.05, 3.63) is 22.7 Å². The van der Waals surface area contributed by atoms with Gasteiger partial charge in [-0.1, -0.05) is 20.8 Å². The molecule has 2 bridgehead atoms. The minimum atomic E-state index is 0.194. The van der Waals surface area contributed by atoms with E-state index in [0.717, 1.165) is 0 Å². The van der Waals surface area contributed by atoms with Gasteiger partial charge in [-0.25, -0.2) is 9.97 Å². The van der Waals surface area contributed by atoms with Gasteiger partial charge in [0.1, 0.15) is 0 Å². The number of hydrogen-bond donors (Lipinski definition) is 0. The molecule has 0 aliphatic heterocycles. The quantitative estimate of drug-likeness (QED) is 0.630. The Bertz CT molecular complexity index is 441. The van der Waals surface area contributed by atoms with Crippen molar-refractivity contribution in [2.24, 2.45) is 5.41 Å². The molecule has 0 amide bonds. The second-order valence-corrected chi connectivity index (χ2v) is 5.93. The fraction of sp³-hybridized carbons (Fsp3) is 0.667. The third-order valence-electron chi connectivity index (χ3n) is 4.91. The monoisotopic (exact) mass is 222 g/mol. The minimum Gasteiger partial charge on any atom is -0.226 e. The smallest absolute Gasteiger partial charge is 0.222 e. The normalized spacial score (nSPS) is 35.6. The number of aromatic nitrogens is 2. The van der Waals surface area contributed by atoms with Gasteiger partial charge in [-0.3, -0.25) is 0 Å². The molecule has 3 heteroatoms. The molecule has 0 radical (unpaired) electrons. The minimum absolute atomic E-state index is 0.194. The van der Waals surface area contributed by atoms with E-state index >= 15 is 0 Å². The topological polar surface area (TPSA) is 25.8 Å². The van der Waals surface area contributed by atoms with Gasteiger partial charge in [0.15, 0.2) is 0 Å². The summed E-state index contributed by atoms with van der Waals surface area (Å²) in [6.45, 7) is 7.02. The number of fused-ring (bicyclic) bond motifs is 5. The molecule has 2 unspecified atom stereocenters. The first-order chi connectivity index (χ1) is 6.97. The fourth-order valence-electron chi connectivity index (χ4n) is 3.53. The lowest BCUT2D eigenvalue weighted by Crippen LogP contribution is -2.32. The standard InChI is InChI=1S/C12H15ClN2/c1-11(2)8-4-5-12(11,3)9-7(8)6-14-10(13)15-9/h6,8H,4-5H2,1-3H3. The van der Waals surface area contributed by atoms with Crippen LogP contribution in [0, 0.1) is 5.41 Å². The van der Waals surface area contributed by atoms with Crippen molar-refractivity contribution in [1.29, 1.82) is 0 Å². The van der Waals surface area contributed by atoms with Gasteiger partial charge in [-0.15, -0.1) is 0 Å². The second-order valence-electron chi connectivity index (χ2n) is 5.59. The number of nitrogens with zero attached hydrogens (tertiary/aromatic N) is 2. The van der Waals surface area contributed by atoms with Gasteiger partial charge in [-0.2, -0.15) is 0 Å². The SMILES string of the molecule is CC12CCC(c3cnc(Cl)nc31)C2(C)C. The van der Waals surface area contributed by atoms with Crippen LogP contribution in [0.2, 0.25) is 5.28 Å². The summed E-state index contributed by atoms with van der Waals surface area (Å²) >= 11 is 5.89. The van der Waals surface area contributed by atoms with E-state index in [9.17, 15) is 0 Å². The molecule has 1 aromatic heterocycles. The molecule has 0 aromatic carbocycles. The molecule has 3 rings (SSSR count). The average molecular weight is 223 g/mol. The van der Waals surface area contributed by atoms with Crippen LogP contribution < -0.4 is 0 Å². The highest BCUT2D eigenvalue weighted by Gasteiger charge is 2.60. The Morgan fingerprint density at radius 3 is 2.87 bits per heavy atom. The van der Waals surface area contributed by atoms with E-state index in [1.54, 1.807) is 0 Å². The first-order valence-corrected chi connectivity index (χ1v) is 5.87. The third-order valence-corrected chi connectivity index (χ3v) is 5.09. The van der Waals surface area contributed by atoms with Gasteiger partial charge in [0.05, 0.1) is 5.69 Å². The summed E-state index contributed by atoms with van der Waals surface area (Å²) in [4.78, 5) is 8.58. The second kappa shape index (κ2) is 2.54. The molecule has 1 aromatic rings. The Kier molecular flexibility index (Phi) is 1.62. The van der Waals surface area contributed by atoms with Crippen LogP contribution in [0.5, 0.6) is 0 Å². The molecule has 2 atom stereocenters. The predicted octanol–water partition coefficient (Wildman–Crippen LogP) is 3.30. The van der Waals surface area contributed by atoms with Crippen molar-refractivity contribution in [2.45, 2.75) is 44.9 Å². The van der Waals surface area contributed by atoms with E-state index < -0.39 is 0 Å². The Morgan fingerprint density at radius 2 is 2.13 bits per heavy atom. The van der Waals surface area contributed by atoms with Crippen LogP contribution in [0.4, 0.5) is 0 Å². The first kappa shape index (κ1) is 9.59. The van der Waals surface area contributed by atoms with Crippen LogP contribution in [-0.4, -0.2) is 9.97 Å². The highest BCUT2D eigenvalue weighted by Crippen LogP contribution is 2.66. The molecule has 0 spiro atoms. The molecular formula is C12H15ClN2. The van der Waals surface area contributed by atoms with Gasteiger partial charge in [0.25, 0.3) is 0 Å².